The normalized spacial score (nSPS) is 10.6. The van der Waals surface area contributed by atoms with Crippen molar-refractivity contribution in [2.45, 2.75) is 13.5 Å². The highest BCUT2D eigenvalue weighted by atomic mass is 16.3. The standard InChI is InChI=1S/C24H20N4O3/c1-15-10-18(7-8-22(15)29)21-12-20(27-24(31)28-21)17-5-2-6-19(11-17)23(30)26-14-16-4-3-9-25-13-16/h2-13,29H,14H2,1H3,(H,26,30)(H,27,28,31). The molecule has 0 radical (unpaired) electrons. The van der Waals surface area contributed by atoms with Crippen LogP contribution in [0.25, 0.3) is 22.5 Å². The molecule has 0 atom stereocenters. The number of hydrogen-bond acceptors (Lipinski definition) is 5. The molecule has 31 heavy (non-hydrogen) atoms. The summed E-state index contributed by atoms with van der Waals surface area (Å²) in [5.41, 5.74) is 3.99. The van der Waals surface area contributed by atoms with Gasteiger partial charge in [0, 0.05) is 30.1 Å². The number of carbonyl (C=O) groups excluding carboxylic acids is 1. The summed E-state index contributed by atoms with van der Waals surface area (Å²) >= 11 is 0. The second-order valence-corrected chi connectivity index (χ2v) is 7.11. The summed E-state index contributed by atoms with van der Waals surface area (Å²) in [4.78, 5) is 35.6. The van der Waals surface area contributed by atoms with E-state index in [1.165, 1.54) is 0 Å². The fourth-order valence-electron chi connectivity index (χ4n) is 3.19. The molecule has 0 aliphatic heterocycles. The van der Waals surface area contributed by atoms with Crippen LogP contribution in [0, 0.1) is 6.92 Å². The molecule has 0 aliphatic carbocycles. The van der Waals surface area contributed by atoms with Crippen molar-refractivity contribution in [1.82, 2.24) is 20.3 Å². The Morgan fingerprint density at radius 2 is 1.94 bits per heavy atom. The minimum absolute atomic E-state index is 0.179. The Hall–Kier alpha value is -4.26. The third-order valence-electron chi connectivity index (χ3n) is 4.85. The number of amides is 1. The van der Waals surface area contributed by atoms with Crippen LogP contribution in [-0.4, -0.2) is 26.0 Å². The summed E-state index contributed by atoms with van der Waals surface area (Å²) in [7, 11) is 0. The van der Waals surface area contributed by atoms with Crippen LogP contribution in [0.2, 0.25) is 0 Å². The summed E-state index contributed by atoms with van der Waals surface area (Å²) in [6, 6.07) is 17.5. The van der Waals surface area contributed by atoms with Gasteiger partial charge in [0.25, 0.3) is 5.91 Å². The summed E-state index contributed by atoms with van der Waals surface area (Å²) < 4.78 is 0. The van der Waals surface area contributed by atoms with E-state index in [9.17, 15) is 14.7 Å². The maximum Gasteiger partial charge on any atom is 0.345 e. The van der Waals surface area contributed by atoms with Crippen LogP contribution in [0.1, 0.15) is 21.5 Å². The Bertz CT molecular complexity index is 1300. The molecule has 0 fully saturated rings. The molecule has 3 N–H and O–H groups in total. The van der Waals surface area contributed by atoms with Crippen LogP contribution in [0.3, 0.4) is 0 Å². The number of pyridine rings is 1. The second kappa shape index (κ2) is 8.62. The molecule has 0 aliphatic rings. The number of nitrogens with one attached hydrogen (secondary N) is 2. The molecular weight excluding hydrogens is 392 g/mol. The molecule has 0 spiro atoms. The van der Waals surface area contributed by atoms with Gasteiger partial charge in [0.2, 0.25) is 0 Å². The molecule has 4 rings (SSSR count). The highest BCUT2D eigenvalue weighted by Crippen LogP contribution is 2.26. The molecule has 4 aromatic rings. The van der Waals surface area contributed by atoms with Crippen molar-refractivity contribution in [1.29, 1.82) is 0 Å². The number of carbonyl (C=O) groups is 1. The minimum atomic E-state index is -0.496. The predicted molar refractivity (Wildman–Crippen MR) is 118 cm³/mol. The lowest BCUT2D eigenvalue weighted by Gasteiger charge is -2.09. The summed E-state index contributed by atoms with van der Waals surface area (Å²) in [5, 5.41) is 12.6. The number of aryl methyl sites for hydroxylation is 1. The summed E-state index contributed by atoms with van der Waals surface area (Å²) in [5.74, 6) is -0.0460. The van der Waals surface area contributed by atoms with Gasteiger partial charge in [-0.05, 0) is 66.1 Å². The smallest absolute Gasteiger partial charge is 0.345 e. The van der Waals surface area contributed by atoms with E-state index in [2.05, 4.69) is 20.3 Å². The molecule has 0 bridgehead atoms. The van der Waals surface area contributed by atoms with Crippen LogP contribution in [0.5, 0.6) is 5.75 Å². The minimum Gasteiger partial charge on any atom is -0.508 e. The number of phenols is 1. The molecule has 0 saturated carbocycles. The Balaban J connectivity index is 1.61. The molecular formula is C24H20N4O3. The van der Waals surface area contributed by atoms with Crippen LogP contribution in [0.4, 0.5) is 0 Å². The zero-order chi connectivity index (χ0) is 21.8. The average Bonchev–Trinajstić information content (AvgIpc) is 2.79. The van der Waals surface area contributed by atoms with Crippen LogP contribution >= 0.6 is 0 Å². The van der Waals surface area contributed by atoms with Gasteiger partial charge in [0.05, 0.1) is 11.4 Å². The van der Waals surface area contributed by atoms with Crippen molar-refractivity contribution in [2.75, 3.05) is 0 Å². The number of aromatic amines is 1. The number of phenolic OH excluding ortho intramolecular Hbond substituents is 1. The fraction of sp³-hybridized carbons (Fsp3) is 0.0833. The van der Waals surface area contributed by atoms with Crippen LogP contribution in [-0.2, 0) is 6.54 Å². The SMILES string of the molecule is Cc1cc(-c2cc(-c3cccc(C(=O)NCc4cccnc4)c3)[nH]c(=O)n2)ccc1O. The van der Waals surface area contributed by atoms with E-state index in [0.717, 1.165) is 5.56 Å². The first-order chi connectivity index (χ1) is 15.0. The number of hydrogen-bond donors (Lipinski definition) is 3. The topological polar surface area (TPSA) is 108 Å². The zero-order valence-electron chi connectivity index (χ0n) is 16.8. The van der Waals surface area contributed by atoms with Crippen LogP contribution in [0.15, 0.2) is 77.9 Å². The van der Waals surface area contributed by atoms with Gasteiger partial charge in [-0.1, -0.05) is 18.2 Å². The molecule has 7 heteroatoms. The first-order valence-corrected chi connectivity index (χ1v) is 9.68. The Labute approximate surface area is 178 Å². The fourth-order valence-corrected chi connectivity index (χ4v) is 3.19. The maximum absolute atomic E-state index is 12.6. The largest absolute Gasteiger partial charge is 0.508 e. The van der Waals surface area contributed by atoms with Crippen molar-refractivity contribution in [3.63, 3.8) is 0 Å². The highest BCUT2D eigenvalue weighted by Gasteiger charge is 2.10. The Morgan fingerprint density at radius 3 is 2.71 bits per heavy atom. The number of benzene rings is 2. The van der Waals surface area contributed by atoms with Gasteiger partial charge in [-0.3, -0.25) is 9.78 Å². The van der Waals surface area contributed by atoms with Crippen molar-refractivity contribution in [3.05, 3.63) is 100 Å². The lowest BCUT2D eigenvalue weighted by Crippen LogP contribution is -2.22. The first kappa shape index (κ1) is 20.0. The lowest BCUT2D eigenvalue weighted by molar-refractivity contribution is 0.0951. The molecule has 2 aromatic heterocycles. The van der Waals surface area contributed by atoms with Gasteiger partial charge in [-0.15, -0.1) is 0 Å². The average molecular weight is 412 g/mol. The maximum atomic E-state index is 12.6. The van der Waals surface area contributed by atoms with Gasteiger partial charge >= 0.3 is 5.69 Å². The van der Waals surface area contributed by atoms with E-state index in [1.54, 1.807) is 61.8 Å². The summed E-state index contributed by atoms with van der Waals surface area (Å²) in [6.45, 7) is 2.15. The third-order valence-corrected chi connectivity index (χ3v) is 4.85. The van der Waals surface area contributed by atoms with Crippen molar-refractivity contribution < 1.29 is 9.90 Å². The predicted octanol–water partition coefficient (Wildman–Crippen LogP) is 3.44. The lowest BCUT2D eigenvalue weighted by atomic mass is 10.0. The van der Waals surface area contributed by atoms with E-state index >= 15 is 0 Å². The van der Waals surface area contributed by atoms with Gasteiger partial charge in [0.1, 0.15) is 5.75 Å². The van der Waals surface area contributed by atoms with E-state index in [1.807, 2.05) is 18.2 Å². The summed E-state index contributed by atoms with van der Waals surface area (Å²) in [6.07, 6.45) is 3.38. The van der Waals surface area contributed by atoms with Gasteiger partial charge in [0.15, 0.2) is 0 Å². The van der Waals surface area contributed by atoms with E-state index in [0.29, 0.717) is 40.2 Å². The zero-order valence-corrected chi connectivity index (χ0v) is 16.8. The van der Waals surface area contributed by atoms with Crippen molar-refractivity contribution in [2.24, 2.45) is 0 Å². The third kappa shape index (κ3) is 4.67. The van der Waals surface area contributed by atoms with E-state index in [4.69, 9.17) is 0 Å². The number of rotatable bonds is 5. The number of aromatic nitrogens is 3. The molecule has 1 amide bonds. The quantitative estimate of drug-likeness (QED) is 0.465. The monoisotopic (exact) mass is 412 g/mol. The molecule has 0 saturated heterocycles. The Morgan fingerprint density at radius 1 is 1.06 bits per heavy atom. The van der Waals surface area contributed by atoms with Crippen molar-refractivity contribution >= 4 is 5.91 Å². The molecule has 154 valence electrons. The second-order valence-electron chi connectivity index (χ2n) is 7.11. The number of H-pyrrole nitrogens is 1. The van der Waals surface area contributed by atoms with Gasteiger partial charge < -0.3 is 15.4 Å². The number of aromatic hydroxyl groups is 1. The number of nitrogens with zero attached hydrogens (tertiary/aromatic N) is 2. The molecule has 0 unspecified atom stereocenters. The first-order valence-electron chi connectivity index (χ1n) is 9.68. The van der Waals surface area contributed by atoms with Crippen molar-refractivity contribution in [3.8, 4) is 28.3 Å². The molecule has 2 heterocycles. The van der Waals surface area contributed by atoms with E-state index < -0.39 is 5.69 Å². The molecule has 2 aromatic carbocycles. The van der Waals surface area contributed by atoms with E-state index in [-0.39, 0.29) is 11.7 Å². The highest BCUT2D eigenvalue weighted by molar-refractivity contribution is 5.95. The molecule has 7 nitrogen and oxygen atoms in total. The van der Waals surface area contributed by atoms with Crippen LogP contribution < -0.4 is 11.0 Å². The van der Waals surface area contributed by atoms with Gasteiger partial charge in [-0.25, -0.2) is 4.79 Å². The van der Waals surface area contributed by atoms with Gasteiger partial charge in [-0.2, -0.15) is 4.98 Å². The Kier molecular flexibility index (Phi) is 5.57.